The second-order valence-corrected chi connectivity index (χ2v) is 6.39. The second-order valence-electron chi connectivity index (χ2n) is 5.48. The average Bonchev–Trinajstić information content (AvgIpc) is 2.67. The Morgan fingerprint density at radius 3 is 2.34 bits per heavy atom. The zero-order chi connectivity index (χ0) is 19.4. The Morgan fingerprint density at radius 2 is 1.72 bits per heavy atom. The number of hydrogen-bond acceptors (Lipinski definition) is 8. The van der Waals surface area contributed by atoms with Crippen molar-refractivity contribution in [2.75, 3.05) is 12.4 Å². The molecule has 2 amide bonds. The van der Waals surface area contributed by atoms with Gasteiger partial charge in [0.15, 0.2) is 0 Å². The number of urea groups is 1. The summed E-state index contributed by atoms with van der Waals surface area (Å²) in [7, 11) is -1.17. The van der Waals surface area contributed by atoms with Crippen LogP contribution in [-0.2, 0) is 19.1 Å². The molecule has 0 bridgehead atoms. The number of anilines is 1. The number of phenols is 1. The third-order valence-corrected chi connectivity index (χ3v) is 4.41. The summed E-state index contributed by atoms with van der Waals surface area (Å²) >= 11 is 0. The Morgan fingerprint density at radius 1 is 1.03 bits per heavy atom. The summed E-state index contributed by atoms with van der Waals surface area (Å²) in [6.45, 7) is 0. The van der Waals surface area contributed by atoms with Gasteiger partial charge in [0.05, 0.1) is 5.69 Å². The number of nitrogens with zero attached hydrogens (tertiary/aromatic N) is 2. The van der Waals surface area contributed by atoms with Crippen LogP contribution in [0.3, 0.4) is 0 Å². The smallest absolute Gasteiger partial charge is 0.870 e. The molecule has 29 heavy (non-hydrogen) atoms. The van der Waals surface area contributed by atoms with Gasteiger partial charge in [-0.05, 0) is 51.3 Å². The van der Waals surface area contributed by atoms with Gasteiger partial charge in [0, 0.05) is 18.1 Å². The maximum absolute atomic E-state index is 11.6. The van der Waals surface area contributed by atoms with Gasteiger partial charge < -0.3 is 29.6 Å². The third-order valence-electron chi connectivity index (χ3n) is 3.74. The monoisotopic (exact) mass is 423 g/mol. The quantitative estimate of drug-likeness (QED) is 0.327. The van der Waals surface area contributed by atoms with Crippen molar-refractivity contribution < 1.29 is 53.4 Å². The van der Waals surface area contributed by atoms with E-state index in [-0.39, 0.29) is 51.4 Å². The Kier molecular flexibility index (Phi) is 9.21. The molecule has 0 atom stereocenters. The molecule has 0 fully saturated rings. The van der Waals surface area contributed by atoms with Crippen molar-refractivity contribution in [3.05, 3.63) is 54.6 Å². The number of carbonyl (C=O) groups excluding carboxylic acids is 1. The molecule has 0 saturated carbocycles. The fraction of sp³-hybridized carbons (Fsp3) is 0.0556. The van der Waals surface area contributed by atoms with E-state index in [1.54, 1.807) is 42.5 Å². The van der Waals surface area contributed by atoms with Crippen molar-refractivity contribution in [2.24, 2.45) is 10.2 Å². The average molecular weight is 423 g/mol. The van der Waals surface area contributed by atoms with E-state index in [2.05, 4.69) is 20.9 Å². The first-order valence-electron chi connectivity index (χ1n) is 7.84. The first-order valence-corrected chi connectivity index (χ1v) is 8.91. The Hall–Kier alpha value is -2.50. The van der Waals surface area contributed by atoms with Crippen LogP contribution in [0.1, 0.15) is 0 Å². The van der Waals surface area contributed by atoms with Crippen molar-refractivity contribution >= 4 is 44.6 Å². The SMILES string of the molecule is CNC(=O)Nc1ccc2c(O)c(N=Nc3ccccc3)c([S-](=O)=O)cc2c1.[Na+].[OH-]. The normalized spacial score (nSPS) is 10.4. The van der Waals surface area contributed by atoms with E-state index in [9.17, 15) is 18.3 Å². The number of nitrogens with one attached hydrogen (secondary N) is 2. The second kappa shape index (κ2) is 10.9. The standard InChI is InChI=1S/C18H15N4O4S.Na.H2O/c1-19-18(24)20-13-7-8-14-11(9-13)10-15(27(25)26)16(17(14)23)22-21-12-5-3-2-4-6-12;;/h2-10,23H,1H3,(H2,19,20,24);;1H2/q-1;+1;/p-1. The van der Waals surface area contributed by atoms with Crippen molar-refractivity contribution in [3.8, 4) is 5.75 Å². The molecule has 0 heterocycles. The van der Waals surface area contributed by atoms with E-state index in [0.29, 0.717) is 22.1 Å². The van der Waals surface area contributed by atoms with Crippen molar-refractivity contribution in [1.29, 1.82) is 0 Å². The molecule has 0 aliphatic heterocycles. The largest absolute Gasteiger partial charge is 1.00 e. The van der Waals surface area contributed by atoms with Crippen LogP contribution in [0.4, 0.5) is 21.9 Å². The molecule has 0 spiro atoms. The van der Waals surface area contributed by atoms with E-state index in [1.165, 1.54) is 13.1 Å². The van der Waals surface area contributed by atoms with E-state index in [1.807, 2.05) is 6.07 Å². The number of benzene rings is 3. The van der Waals surface area contributed by atoms with Gasteiger partial charge in [0.1, 0.15) is 11.4 Å². The number of aromatic hydroxyl groups is 1. The van der Waals surface area contributed by atoms with Crippen LogP contribution >= 0.6 is 0 Å². The van der Waals surface area contributed by atoms with E-state index >= 15 is 0 Å². The number of amides is 2. The van der Waals surface area contributed by atoms with Crippen LogP contribution in [0, 0.1) is 0 Å². The van der Waals surface area contributed by atoms with Crippen LogP contribution < -0.4 is 40.2 Å². The Labute approximate surface area is 190 Å². The zero-order valence-corrected chi connectivity index (χ0v) is 18.4. The van der Waals surface area contributed by atoms with Crippen molar-refractivity contribution in [1.82, 2.24) is 5.32 Å². The van der Waals surface area contributed by atoms with Crippen LogP contribution in [0.25, 0.3) is 10.8 Å². The molecule has 0 aromatic heterocycles. The fourth-order valence-electron chi connectivity index (χ4n) is 2.45. The van der Waals surface area contributed by atoms with Gasteiger partial charge in [0.2, 0.25) is 0 Å². The van der Waals surface area contributed by atoms with E-state index in [4.69, 9.17) is 0 Å². The molecule has 146 valence electrons. The van der Waals surface area contributed by atoms with E-state index < -0.39 is 16.7 Å². The van der Waals surface area contributed by atoms with Crippen LogP contribution in [0.2, 0.25) is 0 Å². The molecular formula is C18H16N4NaO5S-. The number of phenolic OH excluding ortho intramolecular Hbond substituents is 1. The van der Waals surface area contributed by atoms with Gasteiger partial charge >= 0.3 is 35.6 Å². The molecule has 11 heteroatoms. The number of fused-ring (bicyclic) bond motifs is 1. The third kappa shape index (κ3) is 5.75. The zero-order valence-electron chi connectivity index (χ0n) is 15.6. The molecule has 3 aromatic rings. The summed E-state index contributed by atoms with van der Waals surface area (Å²) in [5.74, 6) is -0.308. The van der Waals surface area contributed by atoms with Crippen LogP contribution in [0.15, 0.2) is 69.7 Å². The number of carbonyl (C=O) groups is 1. The van der Waals surface area contributed by atoms with Crippen molar-refractivity contribution in [2.45, 2.75) is 4.90 Å². The van der Waals surface area contributed by atoms with Crippen LogP contribution in [0.5, 0.6) is 5.75 Å². The van der Waals surface area contributed by atoms with Gasteiger partial charge in [-0.1, -0.05) is 24.3 Å². The minimum absolute atomic E-state index is 0. The molecule has 0 radical (unpaired) electrons. The number of azo groups is 1. The van der Waals surface area contributed by atoms with Crippen LogP contribution in [-0.4, -0.2) is 23.7 Å². The molecule has 3 rings (SSSR count). The molecular weight excluding hydrogens is 407 g/mol. The summed E-state index contributed by atoms with van der Waals surface area (Å²) in [5.41, 5.74) is 0.819. The summed E-state index contributed by atoms with van der Waals surface area (Å²) in [5, 5.41) is 24.3. The minimum atomic E-state index is -2.65. The number of hydrogen-bond donors (Lipinski definition) is 3. The maximum Gasteiger partial charge on any atom is 1.00 e. The van der Waals surface area contributed by atoms with Crippen molar-refractivity contribution in [3.63, 3.8) is 0 Å². The first kappa shape index (κ1) is 24.5. The first-order chi connectivity index (χ1) is 13.0. The van der Waals surface area contributed by atoms with E-state index in [0.717, 1.165) is 0 Å². The summed E-state index contributed by atoms with van der Waals surface area (Å²) < 4.78 is 23.3. The Bertz CT molecular complexity index is 1110. The van der Waals surface area contributed by atoms with Gasteiger partial charge in [0.25, 0.3) is 0 Å². The fourth-order valence-corrected chi connectivity index (χ4v) is 2.97. The topological polar surface area (TPSA) is 150 Å². The summed E-state index contributed by atoms with van der Waals surface area (Å²) in [6.07, 6.45) is 0. The molecule has 0 unspecified atom stereocenters. The molecule has 0 aliphatic rings. The van der Waals surface area contributed by atoms with Gasteiger partial charge in [-0.15, -0.1) is 5.11 Å². The molecule has 3 aromatic carbocycles. The molecule has 9 nitrogen and oxygen atoms in total. The predicted molar refractivity (Wildman–Crippen MR) is 103 cm³/mol. The summed E-state index contributed by atoms with van der Waals surface area (Å²) in [6, 6.07) is 14.4. The maximum atomic E-state index is 11.6. The van der Waals surface area contributed by atoms with Gasteiger partial charge in [-0.2, -0.15) is 5.11 Å². The Balaban J connectivity index is 0.00000210. The number of rotatable bonds is 4. The van der Waals surface area contributed by atoms with Gasteiger partial charge in [-0.25, -0.2) is 4.79 Å². The van der Waals surface area contributed by atoms with Gasteiger partial charge in [-0.3, -0.25) is 0 Å². The predicted octanol–water partition coefficient (Wildman–Crippen LogP) is 1.21. The summed E-state index contributed by atoms with van der Waals surface area (Å²) in [4.78, 5) is 11.2. The minimum Gasteiger partial charge on any atom is -0.870 e. The molecule has 0 aliphatic carbocycles. The molecule has 0 saturated heterocycles. The molecule has 4 N–H and O–H groups in total.